The minimum atomic E-state index is -0.605. The first-order valence-electron chi connectivity index (χ1n) is 10.0. The van der Waals surface area contributed by atoms with Gasteiger partial charge in [-0.05, 0) is 51.3 Å². The van der Waals surface area contributed by atoms with Gasteiger partial charge < -0.3 is 9.88 Å². The van der Waals surface area contributed by atoms with Crippen LogP contribution >= 0.6 is 0 Å². The molecule has 3 heterocycles. The molecule has 0 saturated carbocycles. The van der Waals surface area contributed by atoms with Crippen molar-refractivity contribution in [2.24, 2.45) is 0 Å². The Morgan fingerprint density at radius 2 is 1.97 bits per heavy atom. The normalized spacial score (nSPS) is 15.0. The fourth-order valence-corrected chi connectivity index (χ4v) is 3.97. The topological polar surface area (TPSA) is 59.8 Å². The minimum absolute atomic E-state index is 0.0231. The molecule has 29 heavy (non-hydrogen) atoms. The molecule has 0 bridgehead atoms. The van der Waals surface area contributed by atoms with Crippen molar-refractivity contribution in [3.8, 4) is 0 Å². The van der Waals surface area contributed by atoms with Gasteiger partial charge in [0.1, 0.15) is 23.0 Å². The number of hydrogen-bond acceptors (Lipinski definition) is 3. The Hall–Kier alpha value is -2.83. The van der Waals surface area contributed by atoms with E-state index in [1.165, 1.54) is 18.2 Å². The molecule has 4 rings (SSSR count). The quantitative estimate of drug-likeness (QED) is 0.720. The molecular weight excluding hydrogens is 374 g/mol. The van der Waals surface area contributed by atoms with Gasteiger partial charge in [-0.25, -0.2) is 18.7 Å². The molecule has 1 aromatic carbocycles. The summed E-state index contributed by atoms with van der Waals surface area (Å²) in [6, 6.07) is 5.05. The van der Waals surface area contributed by atoms with Crippen LogP contribution in [0.3, 0.4) is 0 Å². The minimum Gasteiger partial charge on any atom is -0.349 e. The van der Waals surface area contributed by atoms with Gasteiger partial charge in [-0.15, -0.1) is 0 Å². The zero-order valence-corrected chi connectivity index (χ0v) is 16.6. The lowest BCUT2D eigenvalue weighted by atomic mass is 10.1. The summed E-state index contributed by atoms with van der Waals surface area (Å²) in [5, 5.41) is 2.86. The molecule has 0 spiro atoms. The van der Waals surface area contributed by atoms with Crippen LogP contribution in [-0.4, -0.2) is 26.5 Å². The number of pyridine rings is 1. The highest BCUT2D eigenvalue weighted by Crippen LogP contribution is 2.24. The second-order valence-electron chi connectivity index (χ2n) is 7.75. The molecule has 2 aromatic heterocycles. The highest BCUT2D eigenvalue weighted by atomic mass is 19.1. The van der Waals surface area contributed by atoms with Crippen LogP contribution in [0.2, 0.25) is 0 Å². The van der Waals surface area contributed by atoms with Crippen molar-refractivity contribution < 1.29 is 13.6 Å². The van der Waals surface area contributed by atoms with Crippen molar-refractivity contribution in [1.82, 2.24) is 19.9 Å². The monoisotopic (exact) mass is 398 g/mol. The largest absolute Gasteiger partial charge is 0.349 e. The first-order valence-corrected chi connectivity index (χ1v) is 10.0. The maximum Gasteiger partial charge on any atom is 0.253 e. The number of aryl methyl sites for hydroxylation is 3. The van der Waals surface area contributed by atoms with E-state index in [2.05, 4.69) is 14.9 Å². The van der Waals surface area contributed by atoms with Crippen LogP contribution in [0.1, 0.15) is 53.6 Å². The third-order valence-corrected chi connectivity index (χ3v) is 5.39. The zero-order valence-electron chi connectivity index (χ0n) is 16.6. The first-order chi connectivity index (χ1) is 13.9. The third-order valence-electron chi connectivity index (χ3n) is 5.39. The number of halogens is 2. The molecule has 1 amide bonds. The van der Waals surface area contributed by atoms with E-state index >= 15 is 0 Å². The lowest BCUT2D eigenvalue weighted by Crippen LogP contribution is -2.34. The van der Waals surface area contributed by atoms with E-state index in [0.717, 1.165) is 49.4 Å². The lowest BCUT2D eigenvalue weighted by molar-refractivity contribution is 0.0941. The summed E-state index contributed by atoms with van der Waals surface area (Å²) in [6.45, 7) is 4.44. The highest BCUT2D eigenvalue weighted by molar-refractivity contribution is 6.04. The molecule has 0 unspecified atom stereocenters. The molecule has 1 atom stereocenters. The maximum atomic E-state index is 13.9. The molecule has 7 heteroatoms. The predicted molar refractivity (Wildman–Crippen MR) is 107 cm³/mol. The first kappa shape index (κ1) is 19.5. The van der Waals surface area contributed by atoms with Gasteiger partial charge in [0.2, 0.25) is 0 Å². The number of amides is 1. The molecule has 0 radical (unpaired) electrons. The Morgan fingerprint density at radius 1 is 1.21 bits per heavy atom. The van der Waals surface area contributed by atoms with Crippen molar-refractivity contribution in [3.63, 3.8) is 0 Å². The third kappa shape index (κ3) is 3.86. The summed E-state index contributed by atoms with van der Waals surface area (Å²) in [6.07, 6.45) is 4.25. The second kappa shape index (κ2) is 7.89. The van der Waals surface area contributed by atoms with E-state index in [1.54, 1.807) is 13.0 Å². The van der Waals surface area contributed by atoms with Crippen molar-refractivity contribution in [2.45, 2.75) is 58.5 Å². The second-order valence-corrected chi connectivity index (χ2v) is 7.75. The Kier molecular flexibility index (Phi) is 5.30. The average Bonchev–Trinajstić information content (AvgIpc) is 2.85. The number of imidazole rings is 1. The number of rotatable bonds is 4. The standard InChI is InChI=1S/C22H24F2N4O/c1-13-12-16(20-21(25-13)28-10-5-3-4-9-19(28)27-20)22(29)26-14(2)11-15-17(23)7-6-8-18(15)24/h6-8,12,14H,3-5,9-11H2,1-2H3,(H,26,29)/t14-/m0/s1. The van der Waals surface area contributed by atoms with E-state index in [9.17, 15) is 13.6 Å². The molecule has 1 N–H and O–H groups in total. The van der Waals surface area contributed by atoms with Gasteiger partial charge in [-0.3, -0.25) is 4.79 Å². The number of aromatic nitrogens is 3. The maximum absolute atomic E-state index is 13.9. The summed E-state index contributed by atoms with van der Waals surface area (Å²) in [4.78, 5) is 22.3. The fourth-order valence-electron chi connectivity index (χ4n) is 3.97. The van der Waals surface area contributed by atoms with Gasteiger partial charge in [0.15, 0.2) is 5.65 Å². The predicted octanol–water partition coefficient (Wildman–Crippen LogP) is 4.11. The van der Waals surface area contributed by atoms with Crippen molar-refractivity contribution >= 4 is 17.1 Å². The van der Waals surface area contributed by atoms with Gasteiger partial charge in [-0.2, -0.15) is 0 Å². The number of nitrogens with zero attached hydrogens (tertiary/aromatic N) is 3. The summed E-state index contributed by atoms with van der Waals surface area (Å²) < 4.78 is 30.0. The Bertz CT molecular complexity index is 1060. The molecule has 0 aliphatic carbocycles. The summed E-state index contributed by atoms with van der Waals surface area (Å²) >= 11 is 0. The van der Waals surface area contributed by atoms with E-state index in [0.29, 0.717) is 11.1 Å². The van der Waals surface area contributed by atoms with Gasteiger partial charge in [0.05, 0.1) is 5.56 Å². The van der Waals surface area contributed by atoms with E-state index in [1.807, 2.05) is 6.92 Å². The number of nitrogens with one attached hydrogen (secondary N) is 1. The average molecular weight is 398 g/mol. The molecule has 5 nitrogen and oxygen atoms in total. The highest BCUT2D eigenvalue weighted by Gasteiger charge is 2.22. The van der Waals surface area contributed by atoms with Crippen molar-refractivity contribution in [3.05, 3.63) is 58.5 Å². The van der Waals surface area contributed by atoms with Crippen LogP contribution in [0.5, 0.6) is 0 Å². The van der Waals surface area contributed by atoms with Crippen LogP contribution in [0.25, 0.3) is 11.2 Å². The van der Waals surface area contributed by atoms with Gasteiger partial charge >= 0.3 is 0 Å². The molecule has 0 saturated heterocycles. The van der Waals surface area contributed by atoms with Crippen LogP contribution in [0, 0.1) is 18.6 Å². The van der Waals surface area contributed by atoms with Crippen LogP contribution < -0.4 is 5.32 Å². The summed E-state index contributed by atoms with van der Waals surface area (Å²) in [7, 11) is 0. The molecule has 3 aromatic rings. The van der Waals surface area contributed by atoms with E-state index < -0.39 is 17.7 Å². The smallest absolute Gasteiger partial charge is 0.253 e. The molecule has 1 aliphatic heterocycles. The van der Waals surface area contributed by atoms with Crippen LogP contribution in [-0.2, 0) is 19.4 Å². The van der Waals surface area contributed by atoms with Gasteiger partial charge in [0, 0.05) is 30.3 Å². The zero-order chi connectivity index (χ0) is 20.5. The van der Waals surface area contributed by atoms with Crippen molar-refractivity contribution in [2.75, 3.05) is 0 Å². The molecular formula is C22H24F2N4O. The lowest BCUT2D eigenvalue weighted by Gasteiger charge is -2.15. The number of fused-ring (bicyclic) bond motifs is 3. The van der Waals surface area contributed by atoms with Gasteiger partial charge in [0.25, 0.3) is 5.91 Å². The van der Waals surface area contributed by atoms with E-state index in [-0.39, 0.29) is 17.9 Å². The van der Waals surface area contributed by atoms with Gasteiger partial charge in [-0.1, -0.05) is 12.5 Å². The Labute approximate surface area is 168 Å². The van der Waals surface area contributed by atoms with E-state index in [4.69, 9.17) is 4.98 Å². The number of carbonyl (C=O) groups is 1. The summed E-state index contributed by atoms with van der Waals surface area (Å²) in [5.74, 6) is -0.554. The fraction of sp³-hybridized carbons (Fsp3) is 0.409. The molecule has 0 fully saturated rings. The molecule has 152 valence electrons. The Morgan fingerprint density at radius 3 is 2.72 bits per heavy atom. The SMILES string of the molecule is Cc1cc(C(=O)N[C@@H](C)Cc2c(F)cccc2F)c2nc3n(c2n1)CCCCC3. The number of carbonyl (C=O) groups excluding carboxylic acids is 1. The Balaban J connectivity index is 1.61. The summed E-state index contributed by atoms with van der Waals surface area (Å²) in [5.41, 5.74) is 2.50. The number of hydrogen-bond donors (Lipinski definition) is 1. The van der Waals surface area contributed by atoms with Crippen LogP contribution in [0.4, 0.5) is 8.78 Å². The van der Waals surface area contributed by atoms with Crippen molar-refractivity contribution in [1.29, 1.82) is 0 Å². The number of benzene rings is 1. The molecule has 1 aliphatic rings. The van der Waals surface area contributed by atoms with Crippen LogP contribution in [0.15, 0.2) is 24.3 Å².